The zero-order valence-corrected chi connectivity index (χ0v) is 17.2. The molecule has 2 aliphatic heterocycles. The van der Waals surface area contributed by atoms with Crippen molar-refractivity contribution in [3.63, 3.8) is 0 Å². The fraction of sp³-hybridized carbons (Fsp3) is 0.476. The zero-order chi connectivity index (χ0) is 19.3. The highest BCUT2D eigenvalue weighted by Gasteiger charge is 2.26. The van der Waals surface area contributed by atoms with Crippen LogP contribution in [0.25, 0.3) is 5.69 Å². The Kier molecular flexibility index (Phi) is 7.28. The van der Waals surface area contributed by atoms with Crippen molar-refractivity contribution in [3.05, 3.63) is 48.3 Å². The summed E-state index contributed by atoms with van der Waals surface area (Å²) in [6, 6.07) is 9.36. The van der Waals surface area contributed by atoms with E-state index in [2.05, 4.69) is 15.7 Å². The fourth-order valence-corrected chi connectivity index (χ4v) is 4.05. The van der Waals surface area contributed by atoms with E-state index in [1.165, 1.54) is 0 Å². The van der Waals surface area contributed by atoms with Gasteiger partial charge in [-0.05, 0) is 68.5 Å². The molecule has 8 heteroatoms. The lowest BCUT2D eigenvalue weighted by Gasteiger charge is -2.33. The summed E-state index contributed by atoms with van der Waals surface area (Å²) in [4.78, 5) is 27.0. The first-order valence-electron chi connectivity index (χ1n) is 10.1. The van der Waals surface area contributed by atoms with Gasteiger partial charge in [0, 0.05) is 37.6 Å². The Morgan fingerprint density at radius 3 is 2.69 bits per heavy atom. The Bertz CT molecular complexity index is 803. The summed E-state index contributed by atoms with van der Waals surface area (Å²) in [5.41, 5.74) is 1.62. The standard InChI is InChI=1S/C21H27N5O2.ClH/c27-20(19-5-1-10-22-19)23-14-16-4-2-12-25(15-16)21(28)17-6-8-18(9-7-17)26-13-3-11-24-26;/h3,6-9,11,13,16,19,22H,1-2,4-5,10,12,14-15H2,(H,23,27);1H. The summed E-state index contributed by atoms with van der Waals surface area (Å²) in [7, 11) is 0. The molecule has 7 nitrogen and oxygen atoms in total. The molecule has 0 aliphatic carbocycles. The molecule has 2 N–H and O–H groups in total. The Morgan fingerprint density at radius 1 is 1.17 bits per heavy atom. The molecule has 2 saturated heterocycles. The van der Waals surface area contributed by atoms with Crippen LogP contribution in [0.3, 0.4) is 0 Å². The third-order valence-electron chi connectivity index (χ3n) is 5.63. The fourth-order valence-electron chi connectivity index (χ4n) is 4.05. The van der Waals surface area contributed by atoms with E-state index in [4.69, 9.17) is 0 Å². The molecule has 2 fully saturated rings. The summed E-state index contributed by atoms with van der Waals surface area (Å²) in [5, 5.41) is 10.5. The van der Waals surface area contributed by atoms with Crippen molar-refractivity contribution in [1.82, 2.24) is 25.3 Å². The van der Waals surface area contributed by atoms with E-state index in [0.717, 1.165) is 44.5 Å². The average Bonchev–Trinajstić information content (AvgIpc) is 3.46. The number of halogens is 1. The summed E-state index contributed by atoms with van der Waals surface area (Å²) >= 11 is 0. The van der Waals surface area contributed by atoms with Crippen LogP contribution >= 0.6 is 12.4 Å². The normalized spacial score (nSPS) is 21.4. The number of carbonyl (C=O) groups excluding carboxylic acids is 2. The molecule has 29 heavy (non-hydrogen) atoms. The van der Waals surface area contributed by atoms with Gasteiger partial charge in [-0.15, -0.1) is 12.4 Å². The van der Waals surface area contributed by atoms with E-state index in [1.807, 2.05) is 41.4 Å². The summed E-state index contributed by atoms with van der Waals surface area (Å²) in [5.74, 6) is 0.460. The molecule has 2 amide bonds. The number of benzene rings is 1. The Hall–Kier alpha value is -2.38. The maximum absolute atomic E-state index is 12.9. The molecular formula is C21H28ClN5O2. The minimum Gasteiger partial charge on any atom is -0.354 e. The number of amides is 2. The summed E-state index contributed by atoms with van der Waals surface area (Å²) in [6.45, 7) is 3.02. The van der Waals surface area contributed by atoms with E-state index < -0.39 is 0 Å². The van der Waals surface area contributed by atoms with Gasteiger partial charge in [0.1, 0.15) is 0 Å². The molecule has 1 aromatic carbocycles. The number of hydrogen-bond acceptors (Lipinski definition) is 4. The van der Waals surface area contributed by atoms with Gasteiger partial charge in [0.15, 0.2) is 0 Å². The largest absolute Gasteiger partial charge is 0.354 e. The van der Waals surface area contributed by atoms with Crippen LogP contribution in [0.15, 0.2) is 42.7 Å². The van der Waals surface area contributed by atoms with Crippen LogP contribution in [0.2, 0.25) is 0 Å². The van der Waals surface area contributed by atoms with Crippen molar-refractivity contribution >= 4 is 24.2 Å². The highest BCUT2D eigenvalue weighted by Crippen LogP contribution is 2.19. The Labute approximate surface area is 177 Å². The lowest BCUT2D eigenvalue weighted by molar-refractivity contribution is -0.123. The number of nitrogens with one attached hydrogen (secondary N) is 2. The predicted molar refractivity (Wildman–Crippen MR) is 113 cm³/mol. The number of nitrogens with zero attached hydrogens (tertiary/aromatic N) is 3. The van der Waals surface area contributed by atoms with Gasteiger partial charge in [-0.2, -0.15) is 5.10 Å². The second-order valence-corrected chi connectivity index (χ2v) is 7.65. The van der Waals surface area contributed by atoms with Crippen LogP contribution in [0.4, 0.5) is 0 Å². The first-order valence-corrected chi connectivity index (χ1v) is 10.1. The summed E-state index contributed by atoms with van der Waals surface area (Å²) in [6.07, 6.45) is 7.59. The molecule has 4 rings (SSSR count). The van der Waals surface area contributed by atoms with Crippen molar-refractivity contribution in [2.75, 3.05) is 26.2 Å². The number of carbonyl (C=O) groups is 2. The first kappa shape index (κ1) is 21.3. The molecular weight excluding hydrogens is 390 g/mol. The molecule has 2 aromatic rings. The van der Waals surface area contributed by atoms with Crippen molar-refractivity contribution in [2.24, 2.45) is 5.92 Å². The number of likely N-dealkylation sites (tertiary alicyclic amines) is 1. The molecule has 0 saturated carbocycles. The maximum atomic E-state index is 12.9. The quantitative estimate of drug-likeness (QED) is 0.780. The van der Waals surface area contributed by atoms with Crippen molar-refractivity contribution in [2.45, 2.75) is 31.7 Å². The first-order chi connectivity index (χ1) is 13.7. The van der Waals surface area contributed by atoms with Gasteiger partial charge in [0.25, 0.3) is 5.91 Å². The van der Waals surface area contributed by atoms with Gasteiger partial charge >= 0.3 is 0 Å². The van der Waals surface area contributed by atoms with Gasteiger partial charge in [0.05, 0.1) is 11.7 Å². The molecule has 0 bridgehead atoms. The Morgan fingerprint density at radius 2 is 2.00 bits per heavy atom. The van der Waals surface area contributed by atoms with E-state index >= 15 is 0 Å². The van der Waals surface area contributed by atoms with Crippen LogP contribution in [0.1, 0.15) is 36.0 Å². The van der Waals surface area contributed by atoms with Crippen LogP contribution in [0, 0.1) is 5.92 Å². The lowest BCUT2D eigenvalue weighted by Crippen LogP contribution is -2.46. The van der Waals surface area contributed by atoms with Crippen molar-refractivity contribution in [1.29, 1.82) is 0 Å². The van der Waals surface area contributed by atoms with E-state index in [0.29, 0.717) is 24.6 Å². The maximum Gasteiger partial charge on any atom is 0.253 e. The van der Waals surface area contributed by atoms with Gasteiger partial charge < -0.3 is 15.5 Å². The zero-order valence-electron chi connectivity index (χ0n) is 16.4. The van der Waals surface area contributed by atoms with E-state index in [9.17, 15) is 9.59 Å². The second kappa shape index (κ2) is 9.89. The third kappa shape index (κ3) is 5.16. The Balaban J connectivity index is 0.00000240. The second-order valence-electron chi connectivity index (χ2n) is 7.65. The monoisotopic (exact) mass is 417 g/mol. The lowest BCUT2D eigenvalue weighted by atomic mass is 9.97. The highest BCUT2D eigenvalue weighted by molar-refractivity contribution is 5.94. The van der Waals surface area contributed by atoms with Gasteiger partial charge in [0.2, 0.25) is 5.91 Å². The molecule has 3 heterocycles. The van der Waals surface area contributed by atoms with Crippen molar-refractivity contribution in [3.8, 4) is 5.69 Å². The predicted octanol–water partition coefficient (Wildman–Crippen LogP) is 2.01. The van der Waals surface area contributed by atoms with E-state index in [1.54, 1.807) is 10.9 Å². The van der Waals surface area contributed by atoms with Gasteiger partial charge in [-0.25, -0.2) is 4.68 Å². The van der Waals surface area contributed by atoms with Crippen LogP contribution in [0.5, 0.6) is 0 Å². The summed E-state index contributed by atoms with van der Waals surface area (Å²) < 4.78 is 1.77. The highest BCUT2D eigenvalue weighted by atomic mass is 35.5. The molecule has 0 spiro atoms. The molecule has 2 unspecified atom stereocenters. The smallest absolute Gasteiger partial charge is 0.253 e. The number of piperidine rings is 1. The van der Waals surface area contributed by atoms with Crippen LogP contribution in [-0.4, -0.2) is 58.7 Å². The molecule has 156 valence electrons. The third-order valence-corrected chi connectivity index (χ3v) is 5.63. The molecule has 2 atom stereocenters. The van der Waals surface area contributed by atoms with E-state index in [-0.39, 0.29) is 30.3 Å². The molecule has 1 aromatic heterocycles. The minimum atomic E-state index is -0.0466. The van der Waals surface area contributed by atoms with Crippen molar-refractivity contribution < 1.29 is 9.59 Å². The topological polar surface area (TPSA) is 79.3 Å². The number of aromatic nitrogens is 2. The SMILES string of the molecule is Cl.O=C(NCC1CCCN(C(=O)c2ccc(-n3cccn3)cc2)C1)C1CCCN1. The van der Waals surface area contributed by atoms with Gasteiger partial charge in [-0.3, -0.25) is 9.59 Å². The molecule has 0 radical (unpaired) electrons. The average molecular weight is 418 g/mol. The van der Waals surface area contributed by atoms with Crippen LogP contribution in [-0.2, 0) is 4.79 Å². The number of hydrogen-bond donors (Lipinski definition) is 2. The van der Waals surface area contributed by atoms with Crippen LogP contribution < -0.4 is 10.6 Å². The molecule has 2 aliphatic rings. The number of rotatable bonds is 5. The minimum absolute atomic E-state index is 0. The van der Waals surface area contributed by atoms with Gasteiger partial charge in [-0.1, -0.05) is 0 Å².